The molecule has 1 aromatic heterocycles. The van der Waals surface area contributed by atoms with E-state index in [9.17, 15) is 14.9 Å². The summed E-state index contributed by atoms with van der Waals surface area (Å²) in [4.78, 5) is 29.2. The molecule has 6 nitrogen and oxygen atoms in total. The Morgan fingerprint density at radius 2 is 1.59 bits per heavy atom. The molecule has 7 heteroatoms. The highest BCUT2D eigenvalue weighted by atomic mass is 32.2. The number of hydrogen-bond donors (Lipinski definition) is 0. The summed E-state index contributed by atoms with van der Waals surface area (Å²) in [5.74, 6) is -0.0365. The second-order valence-corrected chi connectivity index (χ2v) is 10.4. The summed E-state index contributed by atoms with van der Waals surface area (Å²) in [7, 11) is 0. The molecule has 0 fully saturated rings. The number of rotatable bonds is 7. The van der Waals surface area contributed by atoms with E-state index in [1.165, 1.54) is 4.90 Å². The van der Waals surface area contributed by atoms with E-state index in [-0.39, 0.29) is 12.1 Å². The van der Waals surface area contributed by atoms with Gasteiger partial charge in [-0.1, -0.05) is 67.6 Å². The van der Waals surface area contributed by atoms with Gasteiger partial charge in [-0.25, -0.2) is 4.68 Å². The van der Waals surface area contributed by atoms with Gasteiger partial charge < -0.3 is 0 Å². The highest BCUT2D eigenvalue weighted by molar-refractivity contribution is 7.99. The van der Waals surface area contributed by atoms with Crippen molar-refractivity contribution in [2.75, 3.05) is 5.75 Å². The lowest BCUT2D eigenvalue weighted by molar-refractivity contribution is -0.141. The maximum absolute atomic E-state index is 13.7. The molecule has 39 heavy (non-hydrogen) atoms. The summed E-state index contributed by atoms with van der Waals surface area (Å²) in [6.07, 6.45) is 3.62. The number of thioether (sulfide) groups is 1. The van der Waals surface area contributed by atoms with Crippen LogP contribution in [0.4, 0.5) is 0 Å². The molecule has 0 radical (unpaired) electrons. The van der Waals surface area contributed by atoms with E-state index in [1.54, 1.807) is 29.4 Å². The summed E-state index contributed by atoms with van der Waals surface area (Å²) < 4.78 is 1.78. The van der Waals surface area contributed by atoms with Crippen molar-refractivity contribution >= 4 is 29.7 Å². The Hall–Kier alpha value is -4.67. The van der Waals surface area contributed by atoms with E-state index in [2.05, 4.69) is 19.1 Å². The highest BCUT2D eigenvalue weighted by Gasteiger charge is 2.35. The minimum atomic E-state index is -0.578. The number of nitriles is 1. The zero-order valence-electron chi connectivity index (χ0n) is 21.7. The summed E-state index contributed by atoms with van der Waals surface area (Å²) in [5.41, 5.74) is 4.63. The van der Waals surface area contributed by atoms with Gasteiger partial charge in [0.05, 0.1) is 17.9 Å². The van der Waals surface area contributed by atoms with Gasteiger partial charge in [-0.2, -0.15) is 10.4 Å². The first-order chi connectivity index (χ1) is 19.0. The monoisotopic (exact) mass is 530 g/mol. The van der Waals surface area contributed by atoms with Crippen LogP contribution in [-0.4, -0.2) is 32.2 Å². The van der Waals surface area contributed by atoms with Crippen LogP contribution in [0.3, 0.4) is 0 Å². The zero-order chi connectivity index (χ0) is 27.4. The van der Waals surface area contributed by atoms with Crippen LogP contribution in [0.25, 0.3) is 23.0 Å². The van der Waals surface area contributed by atoms with Crippen LogP contribution in [0, 0.1) is 11.3 Å². The van der Waals surface area contributed by atoms with Gasteiger partial charge in [0.1, 0.15) is 11.6 Å². The van der Waals surface area contributed by atoms with E-state index in [1.807, 2.05) is 85.1 Å². The molecule has 192 valence electrons. The highest BCUT2D eigenvalue weighted by Crippen LogP contribution is 2.32. The van der Waals surface area contributed by atoms with Crippen LogP contribution >= 0.6 is 11.8 Å². The quantitative estimate of drug-likeness (QED) is 0.156. The summed E-state index contributed by atoms with van der Waals surface area (Å²) in [6, 6.07) is 29.2. The number of carbonyl (C=O) groups excluding carboxylic acids is 2. The summed E-state index contributed by atoms with van der Waals surface area (Å²) in [6.45, 7) is 3.85. The molecule has 0 spiro atoms. The fourth-order valence-corrected chi connectivity index (χ4v) is 5.16. The lowest BCUT2D eigenvalue weighted by atomic mass is 9.93. The van der Waals surface area contributed by atoms with Crippen molar-refractivity contribution in [1.29, 1.82) is 5.26 Å². The van der Waals surface area contributed by atoms with E-state index < -0.39 is 11.8 Å². The number of imide groups is 1. The van der Waals surface area contributed by atoms with Gasteiger partial charge in [0, 0.05) is 27.8 Å². The smallest absolute Gasteiger partial charge is 0.269 e. The fraction of sp³-hybridized carbons (Fsp3) is 0.125. The molecule has 0 unspecified atom stereocenters. The van der Waals surface area contributed by atoms with Crippen LogP contribution in [-0.2, 0) is 16.1 Å². The fourth-order valence-electron chi connectivity index (χ4n) is 4.50. The lowest BCUT2D eigenvalue weighted by Gasteiger charge is -2.27. The third-order valence-corrected chi connectivity index (χ3v) is 7.40. The molecular weight excluding hydrogens is 504 g/mol. The summed E-state index contributed by atoms with van der Waals surface area (Å²) >= 11 is 1.76. The van der Waals surface area contributed by atoms with Crippen molar-refractivity contribution < 1.29 is 9.59 Å². The van der Waals surface area contributed by atoms with Crippen molar-refractivity contribution in [3.05, 3.63) is 119 Å². The predicted octanol–water partition coefficient (Wildman–Crippen LogP) is 6.44. The van der Waals surface area contributed by atoms with Gasteiger partial charge in [0.15, 0.2) is 0 Å². The SMILES string of the molecule is CCSc1ccc(-c2nn(-c3ccccc3)cc2/C=C2/C(=O)N(Cc3ccccc3)C(=O)C(C#N)=C2C)cc1. The molecule has 0 bridgehead atoms. The molecule has 2 heterocycles. The molecule has 1 aliphatic rings. The molecule has 0 aliphatic carbocycles. The van der Waals surface area contributed by atoms with Gasteiger partial charge in [-0.05, 0) is 54.2 Å². The molecule has 1 aliphatic heterocycles. The number of hydrogen-bond acceptors (Lipinski definition) is 5. The average Bonchev–Trinajstić information content (AvgIpc) is 3.39. The average molecular weight is 531 g/mol. The largest absolute Gasteiger partial charge is 0.271 e. The van der Waals surface area contributed by atoms with E-state index in [4.69, 9.17) is 5.10 Å². The van der Waals surface area contributed by atoms with Crippen LogP contribution < -0.4 is 0 Å². The van der Waals surface area contributed by atoms with Gasteiger partial charge in [0.25, 0.3) is 11.8 Å². The standard InChI is InChI=1S/C32H26N4O2S/c1-3-39-27-16-14-24(15-17-27)30-25(21-36(34-30)26-12-8-5-9-13-26)18-28-22(2)29(19-33)32(38)35(31(28)37)20-23-10-6-4-7-11-23/h4-18,21H,3,20H2,1-2H3/b28-18+. The van der Waals surface area contributed by atoms with Crippen LogP contribution in [0.15, 0.2) is 113 Å². The second-order valence-electron chi connectivity index (χ2n) is 9.02. The van der Waals surface area contributed by atoms with Crippen molar-refractivity contribution in [2.24, 2.45) is 0 Å². The van der Waals surface area contributed by atoms with Crippen molar-refractivity contribution in [2.45, 2.75) is 25.3 Å². The third-order valence-electron chi connectivity index (χ3n) is 6.51. The predicted molar refractivity (Wildman–Crippen MR) is 154 cm³/mol. The number of benzene rings is 3. The van der Waals surface area contributed by atoms with Crippen LogP contribution in [0.2, 0.25) is 0 Å². The number of para-hydroxylation sites is 1. The van der Waals surface area contributed by atoms with Gasteiger partial charge in [-0.3, -0.25) is 14.5 Å². The Balaban J connectivity index is 1.63. The Morgan fingerprint density at radius 1 is 0.923 bits per heavy atom. The molecular formula is C32H26N4O2S. The van der Waals surface area contributed by atoms with Crippen molar-refractivity contribution in [3.8, 4) is 23.0 Å². The van der Waals surface area contributed by atoms with Gasteiger partial charge >= 0.3 is 0 Å². The maximum atomic E-state index is 13.7. The Morgan fingerprint density at radius 3 is 2.23 bits per heavy atom. The molecule has 0 atom stereocenters. The van der Waals surface area contributed by atoms with Crippen molar-refractivity contribution in [3.63, 3.8) is 0 Å². The van der Waals surface area contributed by atoms with Crippen LogP contribution in [0.1, 0.15) is 25.0 Å². The van der Waals surface area contributed by atoms with Gasteiger partial charge in [0.2, 0.25) is 0 Å². The maximum Gasteiger partial charge on any atom is 0.271 e. The van der Waals surface area contributed by atoms with E-state index >= 15 is 0 Å². The molecule has 0 saturated heterocycles. The van der Waals surface area contributed by atoms with E-state index in [0.717, 1.165) is 27.5 Å². The number of aromatic nitrogens is 2. The topological polar surface area (TPSA) is 79.0 Å². The molecule has 2 amide bonds. The third kappa shape index (κ3) is 5.33. The molecule has 5 rings (SSSR count). The minimum absolute atomic E-state index is 0.0327. The summed E-state index contributed by atoms with van der Waals surface area (Å²) in [5, 5.41) is 14.7. The molecule has 4 aromatic rings. The molecule has 3 aromatic carbocycles. The Kier molecular flexibility index (Phi) is 7.57. The van der Waals surface area contributed by atoms with Gasteiger partial charge in [-0.15, -0.1) is 11.8 Å². The van der Waals surface area contributed by atoms with Crippen molar-refractivity contribution in [1.82, 2.24) is 14.7 Å². The Bertz CT molecular complexity index is 1630. The normalized spacial score (nSPS) is 14.7. The first-order valence-corrected chi connectivity index (χ1v) is 13.6. The minimum Gasteiger partial charge on any atom is -0.269 e. The number of amides is 2. The lowest BCUT2D eigenvalue weighted by Crippen LogP contribution is -2.42. The molecule has 0 saturated carbocycles. The van der Waals surface area contributed by atoms with E-state index in [0.29, 0.717) is 22.4 Å². The Labute approximate surface area is 231 Å². The number of carbonyl (C=O) groups is 2. The number of nitrogens with zero attached hydrogens (tertiary/aromatic N) is 4. The first kappa shape index (κ1) is 26.0. The second kappa shape index (κ2) is 11.4. The molecule has 0 N–H and O–H groups in total. The first-order valence-electron chi connectivity index (χ1n) is 12.6. The zero-order valence-corrected chi connectivity index (χ0v) is 22.5. The van der Waals surface area contributed by atoms with Crippen LogP contribution in [0.5, 0.6) is 0 Å².